The normalized spacial score (nSPS) is 28.4. The van der Waals surface area contributed by atoms with Gasteiger partial charge in [0.25, 0.3) is 5.91 Å². The summed E-state index contributed by atoms with van der Waals surface area (Å²) in [6.45, 7) is 3.23. The summed E-state index contributed by atoms with van der Waals surface area (Å²) in [7, 11) is 0. The molecule has 8 heteroatoms. The number of nitrogens with zero attached hydrogens (tertiary/aromatic N) is 2. The molecular formula is C23H24FN3O4. The Bertz CT molecular complexity index is 1150. The van der Waals surface area contributed by atoms with Crippen LogP contribution in [0.15, 0.2) is 40.6 Å². The third-order valence-corrected chi connectivity index (χ3v) is 6.74. The maximum atomic E-state index is 13.7. The number of rotatable bonds is 4. The summed E-state index contributed by atoms with van der Waals surface area (Å²) in [6, 6.07) is 4.14. The number of imide groups is 1. The molecule has 162 valence electrons. The molecule has 2 atom stereocenters. The van der Waals surface area contributed by atoms with Crippen molar-refractivity contribution in [3.8, 4) is 0 Å². The molecule has 1 aromatic carbocycles. The van der Waals surface area contributed by atoms with Crippen molar-refractivity contribution in [2.45, 2.75) is 44.6 Å². The van der Waals surface area contributed by atoms with E-state index in [0.29, 0.717) is 48.3 Å². The van der Waals surface area contributed by atoms with Gasteiger partial charge in [0, 0.05) is 30.1 Å². The number of aromatic nitrogens is 1. The SMILES string of the molecule is CCCC12C=CC(c3noc4cc(F)ccc34)=C(N3CCCCC3)C1(O)C(=O)NC2=O. The lowest BCUT2D eigenvalue weighted by Crippen LogP contribution is -2.57. The van der Waals surface area contributed by atoms with Crippen molar-refractivity contribution in [3.05, 3.63) is 47.6 Å². The second-order valence-electron chi connectivity index (χ2n) is 8.53. The molecule has 7 nitrogen and oxygen atoms in total. The van der Waals surface area contributed by atoms with E-state index in [9.17, 15) is 19.1 Å². The molecule has 1 aliphatic carbocycles. The number of benzene rings is 1. The first kappa shape index (κ1) is 19.9. The zero-order chi connectivity index (χ0) is 21.8. The Morgan fingerprint density at radius 2 is 2.00 bits per heavy atom. The van der Waals surface area contributed by atoms with Crippen molar-refractivity contribution in [2.24, 2.45) is 5.41 Å². The van der Waals surface area contributed by atoms with E-state index >= 15 is 0 Å². The van der Waals surface area contributed by atoms with Gasteiger partial charge in [0.05, 0.1) is 5.70 Å². The summed E-state index contributed by atoms with van der Waals surface area (Å²) < 4.78 is 19.0. The lowest BCUT2D eigenvalue weighted by atomic mass is 9.64. The molecule has 2 fully saturated rings. The van der Waals surface area contributed by atoms with Crippen LogP contribution in [0.2, 0.25) is 0 Å². The number of nitrogens with one attached hydrogen (secondary N) is 1. The zero-order valence-corrected chi connectivity index (χ0v) is 17.3. The van der Waals surface area contributed by atoms with Crippen molar-refractivity contribution in [3.63, 3.8) is 0 Å². The first-order chi connectivity index (χ1) is 14.9. The quantitative estimate of drug-likeness (QED) is 0.732. The van der Waals surface area contributed by atoms with Crippen LogP contribution in [0.5, 0.6) is 0 Å². The Morgan fingerprint density at radius 1 is 1.23 bits per heavy atom. The average Bonchev–Trinajstić information content (AvgIpc) is 3.25. The highest BCUT2D eigenvalue weighted by Crippen LogP contribution is 2.53. The predicted octanol–water partition coefficient (Wildman–Crippen LogP) is 2.91. The van der Waals surface area contributed by atoms with Gasteiger partial charge in [0.2, 0.25) is 11.5 Å². The van der Waals surface area contributed by atoms with Gasteiger partial charge in [-0.05, 0) is 37.8 Å². The summed E-state index contributed by atoms with van der Waals surface area (Å²) in [6.07, 6.45) is 7.21. The first-order valence-electron chi connectivity index (χ1n) is 10.7. The zero-order valence-electron chi connectivity index (χ0n) is 17.3. The van der Waals surface area contributed by atoms with Crippen LogP contribution in [0.25, 0.3) is 16.5 Å². The summed E-state index contributed by atoms with van der Waals surface area (Å²) in [5.41, 5.74) is -1.83. The Balaban J connectivity index is 1.79. The van der Waals surface area contributed by atoms with Gasteiger partial charge in [0.15, 0.2) is 5.58 Å². The highest BCUT2D eigenvalue weighted by atomic mass is 19.1. The highest BCUT2D eigenvalue weighted by Gasteiger charge is 2.68. The number of piperidine rings is 1. The maximum absolute atomic E-state index is 13.7. The maximum Gasteiger partial charge on any atom is 0.266 e. The van der Waals surface area contributed by atoms with Gasteiger partial charge in [-0.15, -0.1) is 0 Å². The number of allylic oxidation sites excluding steroid dienone is 2. The van der Waals surface area contributed by atoms with Crippen LogP contribution in [0.1, 0.15) is 44.7 Å². The lowest BCUT2D eigenvalue weighted by Gasteiger charge is -2.46. The Kier molecular flexibility index (Phi) is 4.51. The Labute approximate surface area is 178 Å². The fraction of sp³-hybridized carbons (Fsp3) is 0.435. The molecule has 2 aromatic rings. The number of likely N-dealkylation sites (tertiary alicyclic amines) is 1. The number of fused-ring (bicyclic) bond motifs is 2. The minimum atomic E-state index is -2.05. The number of aliphatic hydroxyl groups is 1. The molecule has 31 heavy (non-hydrogen) atoms. The number of carbonyl (C=O) groups excluding carboxylic acids is 2. The van der Waals surface area contributed by atoms with Crippen molar-refractivity contribution < 1.29 is 23.6 Å². The molecule has 1 aromatic heterocycles. The second kappa shape index (κ2) is 7.02. The average molecular weight is 425 g/mol. The van der Waals surface area contributed by atoms with E-state index in [4.69, 9.17) is 4.52 Å². The summed E-state index contributed by atoms with van der Waals surface area (Å²) >= 11 is 0. The number of halogens is 1. The van der Waals surface area contributed by atoms with Crippen LogP contribution in [-0.4, -0.2) is 45.7 Å². The molecule has 0 saturated carbocycles. The molecule has 2 saturated heterocycles. The fourth-order valence-electron chi connectivity index (χ4n) is 5.27. The van der Waals surface area contributed by atoms with Gasteiger partial charge in [-0.25, -0.2) is 4.39 Å². The van der Waals surface area contributed by atoms with Crippen LogP contribution in [0.4, 0.5) is 4.39 Å². The number of hydrogen-bond donors (Lipinski definition) is 2. The van der Waals surface area contributed by atoms with Gasteiger partial charge in [-0.2, -0.15) is 0 Å². The predicted molar refractivity (Wildman–Crippen MR) is 111 cm³/mol. The van der Waals surface area contributed by atoms with Crippen LogP contribution in [-0.2, 0) is 9.59 Å². The van der Waals surface area contributed by atoms with E-state index in [-0.39, 0.29) is 5.58 Å². The van der Waals surface area contributed by atoms with Gasteiger partial charge in [-0.1, -0.05) is 30.7 Å². The number of carbonyl (C=O) groups is 2. The molecule has 0 bridgehead atoms. The van der Waals surface area contributed by atoms with Gasteiger partial charge in [-0.3, -0.25) is 14.9 Å². The van der Waals surface area contributed by atoms with Crippen LogP contribution in [0.3, 0.4) is 0 Å². The third kappa shape index (κ3) is 2.64. The second-order valence-corrected chi connectivity index (χ2v) is 8.53. The first-order valence-corrected chi connectivity index (χ1v) is 10.7. The van der Waals surface area contributed by atoms with E-state index in [1.54, 1.807) is 18.2 Å². The Hall–Kier alpha value is -3.00. The summed E-state index contributed by atoms with van der Waals surface area (Å²) in [4.78, 5) is 28.1. The number of hydrogen-bond acceptors (Lipinski definition) is 6. The van der Waals surface area contributed by atoms with Crippen molar-refractivity contribution >= 4 is 28.4 Å². The molecule has 3 aliphatic rings. The molecular weight excluding hydrogens is 401 g/mol. The number of amides is 2. The molecule has 2 aliphatic heterocycles. The molecule has 2 amide bonds. The van der Waals surface area contributed by atoms with E-state index < -0.39 is 28.6 Å². The fourth-order valence-corrected chi connectivity index (χ4v) is 5.27. The minimum absolute atomic E-state index is 0.276. The third-order valence-electron chi connectivity index (χ3n) is 6.74. The van der Waals surface area contributed by atoms with E-state index in [1.165, 1.54) is 12.1 Å². The van der Waals surface area contributed by atoms with Crippen LogP contribution < -0.4 is 5.32 Å². The Morgan fingerprint density at radius 3 is 2.74 bits per heavy atom. The van der Waals surface area contributed by atoms with Crippen LogP contribution >= 0.6 is 0 Å². The molecule has 5 rings (SSSR count). The highest BCUT2D eigenvalue weighted by molar-refractivity contribution is 6.16. The summed E-state index contributed by atoms with van der Waals surface area (Å²) in [5.74, 6) is -1.65. The van der Waals surface area contributed by atoms with E-state index in [0.717, 1.165) is 19.3 Å². The molecule has 0 radical (unpaired) electrons. The van der Waals surface area contributed by atoms with Crippen molar-refractivity contribution in [1.29, 1.82) is 0 Å². The summed E-state index contributed by atoms with van der Waals surface area (Å²) in [5, 5.41) is 19.1. The largest absolute Gasteiger partial charge is 0.373 e. The molecule has 3 heterocycles. The minimum Gasteiger partial charge on any atom is -0.373 e. The smallest absolute Gasteiger partial charge is 0.266 e. The topological polar surface area (TPSA) is 95.7 Å². The van der Waals surface area contributed by atoms with E-state index in [2.05, 4.69) is 10.5 Å². The lowest BCUT2D eigenvalue weighted by molar-refractivity contribution is -0.142. The molecule has 2 unspecified atom stereocenters. The van der Waals surface area contributed by atoms with E-state index in [1.807, 2.05) is 11.8 Å². The van der Waals surface area contributed by atoms with Gasteiger partial charge < -0.3 is 14.5 Å². The van der Waals surface area contributed by atoms with Crippen molar-refractivity contribution in [2.75, 3.05) is 13.1 Å². The molecule has 2 N–H and O–H groups in total. The molecule has 0 spiro atoms. The van der Waals surface area contributed by atoms with Gasteiger partial charge in [0.1, 0.15) is 16.9 Å². The van der Waals surface area contributed by atoms with Gasteiger partial charge >= 0.3 is 0 Å². The van der Waals surface area contributed by atoms with Crippen LogP contribution in [0, 0.1) is 11.2 Å². The monoisotopic (exact) mass is 425 g/mol. The standard InChI is InChI=1S/C23H24FN3O4/c1-2-9-22-10-8-16(18-15-7-6-14(24)13-17(15)31-26-18)19(27-11-4-3-5-12-27)23(22,30)21(29)25-20(22)28/h6-8,10,13,30H,2-5,9,11-12H2,1H3,(H,25,28,29). The van der Waals surface area contributed by atoms with Crippen molar-refractivity contribution in [1.82, 2.24) is 15.4 Å².